The highest BCUT2D eigenvalue weighted by Crippen LogP contribution is 2.61. The molecular formula is C71H56BN3. The molecule has 0 bridgehead atoms. The molecule has 17 rings (SSSR count). The third kappa shape index (κ3) is 5.78. The Labute approximate surface area is 440 Å². The second-order valence-electron chi connectivity index (χ2n) is 23.7. The number of hydrogen-bond acceptors (Lipinski definition) is 2. The van der Waals surface area contributed by atoms with Gasteiger partial charge < -0.3 is 14.3 Å². The van der Waals surface area contributed by atoms with Gasteiger partial charge in [-0.2, -0.15) is 0 Å². The molecule has 3 aliphatic heterocycles. The fourth-order valence-corrected chi connectivity index (χ4v) is 15.7. The number of aromatic nitrogens is 1. The van der Waals surface area contributed by atoms with Crippen molar-refractivity contribution in [3.8, 4) is 16.8 Å². The van der Waals surface area contributed by atoms with Gasteiger partial charge in [-0.15, -0.1) is 0 Å². The zero-order chi connectivity index (χ0) is 49.4. The van der Waals surface area contributed by atoms with Crippen molar-refractivity contribution in [3.63, 3.8) is 0 Å². The largest absolute Gasteiger partial charge is 0.376 e. The summed E-state index contributed by atoms with van der Waals surface area (Å²) in [7, 11) is 0. The van der Waals surface area contributed by atoms with Gasteiger partial charge in [0.15, 0.2) is 0 Å². The number of fused-ring (bicyclic) bond motifs is 11. The van der Waals surface area contributed by atoms with Crippen molar-refractivity contribution in [2.45, 2.75) is 68.6 Å². The quantitative estimate of drug-likeness (QED) is 0.116. The van der Waals surface area contributed by atoms with Gasteiger partial charge in [-0.3, -0.25) is 0 Å². The van der Waals surface area contributed by atoms with Crippen molar-refractivity contribution in [1.29, 1.82) is 0 Å². The van der Waals surface area contributed by atoms with Crippen molar-refractivity contribution in [3.05, 3.63) is 263 Å². The summed E-state index contributed by atoms with van der Waals surface area (Å²) in [6, 6.07) is 79.5. The molecule has 75 heavy (non-hydrogen) atoms. The van der Waals surface area contributed by atoms with E-state index in [1.807, 2.05) is 0 Å². The van der Waals surface area contributed by atoms with Gasteiger partial charge in [-0.25, -0.2) is 0 Å². The van der Waals surface area contributed by atoms with Crippen molar-refractivity contribution in [2.75, 3.05) is 9.71 Å². The molecule has 2 saturated carbocycles. The first-order valence-electron chi connectivity index (χ1n) is 27.6. The van der Waals surface area contributed by atoms with Gasteiger partial charge in [0.25, 0.3) is 0 Å². The lowest BCUT2D eigenvalue weighted by Gasteiger charge is -2.52. The lowest BCUT2D eigenvalue weighted by Crippen LogP contribution is -2.62. The molecule has 0 saturated heterocycles. The van der Waals surface area contributed by atoms with Crippen LogP contribution in [-0.2, 0) is 16.2 Å². The summed E-state index contributed by atoms with van der Waals surface area (Å²) in [5.74, 6) is 1.46. The second-order valence-corrected chi connectivity index (χ2v) is 23.7. The predicted octanol–water partition coefficient (Wildman–Crippen LogP) is 16.2. The van der Waals surface area contributed by atoms with Gasteiger partial charge in [0.05, 0.1) is 16.4 Å². The Balaban J connectivity index is 1.03. The lowest BCUT2D eigenvalue weighted by molar-refractivity contribution is 0.407. The van der Waals surface area contributed by atoms with E-state index in [0.717, 1.165) is 35.8 Å². The van der Waals surface area contributed by atoms with Crippen LogP contribution in [0.5, 0.6) is 0 Å². The average molecular weight is 962 g/mol. The Bertz CT molecular complexity index is 4060. The molecule has 0 amide bonds. The molecule has 4 unspecified atom stereocenters. The number of para-hydroxylation sites is 4. The van der Waals surface area contributed by atoms with Crippen LogP contribution in [0.1, 0.15) is 85.8 Å². The molecule has 0 radical (unpaired) electrons. The van der Waals surface area contributed by atoms with Crippen molar-refractivity contribution >= 4 is 68.0 Å². The molecule has 7 aliphatic rings. The normalized spacial score (nSPS) is 22.5. The van der Waals surface area contributed by atoms with Crippen molar-refractivity contribution in [2.24, 2.45) is 11.8 Å². The third-order valence-electron chi connectivity index (χ3n) is 19.4. The van der Waals surface area contributed by atoms with Crippen LogP contribution in [0.4, 0.5) is 28.4 Å². The van der Waals surface area contributed by atoms with Crippen LogP contribution in [-0.4, -0.2) is 11.4 Å². The summed E-state index contributed by atoms with van der Waals surface area (Å²) < 4.78 is 2.72. The molecule has 0 N–H and O–H groups in total. The number of nitrogens with zero attached hydrogens (tertiary/aromatic N) is 3. The monoisotopic (exact) mass is 961 g/mol. The maximum atomic E-state index is 2.82. The minimum Gasteiger partial charge on any atom is -0.376 e. The molecule has 3 nitrogen and oxygen atoms in total. The molecule has 9 aromatic carbocycles. The highest BCUT2D eigenvalue weighted by molar-refractivity contribution is 6.93. The maximum absolute atomic E-state index is 2.82. The van der Waals surface area contributed by atoms with Crippen LogP contribution in [0.15, 0.2) is 230 Å². The van der Waals surface area contributed by atoms with Gasteiger partial charge in [0, 0.05) is 50.5 Å². The van der Waals surface area contributed by atoms with Gasteiger partial charge in [0.2, 0.25) is 0 Å². The van der Waals surface area contributed by atoms with Crippen LogP contribution >= 0.6 is 0 Å². The van der Waals surface area contributed by atoms with E-state index in [1.165, 1.54) is 120 Å². The van der Waals surface area contributed by atoms with Crippen LogP contribution < -0.4 is 20.6 Å². The third-order valence-corrected chi connectivity index (χ3v) is 19.4. The first-order valence-corrected chi connectivity index (χ1v) is 27.6. The first-order chi connectivity index (χ1) is 36.9. The summed E-state index contributed by atoms with van der Waals surface area (Å²) in [5, 5.41) is 2.77. The number of anilines is 5. The second kappa shape index (κ2) is 15.0. The fraction of sp³-hybridized carbons (Fsp3) is 0.183. The SMILES string of the molecule is CC1(c2ccc3c(c2)c2cc(C4(C)CC=C5CC5C4)cc4c2n3-c2cc(N(c3ccccc3)c3ccccc3)cc3c2B4N2c4ccccc4C(c4ccccc4)(c4ccccc4)c4cccc-3c42)CC=C2CC2C1. The summed E-state index contributed by atoms with van der Waals surface area (Å²) in [6.45, 7) is 5.00. The Hall–Kier alpha value is -8.08. The molecule has 358 valence electrons. The van der Waals surface area contributed by atoms with E-state index in [4.69, 9.17) is 0 Å². The average Bonchev–Trinajstić information content (AvgIpc) is 4.45. The highest BCUT2D eigenvalue weighted by atomic mass is 15.2. The van der Waals surface area contributed by atoms with Gasteiger partial charge in [-0.1, -0.05) is 183 Å². The summed E-state index contributed by atoms with van der Waals surface area (Å²) >= 11 is 0. The first kappa shape index (κ1) is 42.3. The molecule has 4 heteroatoms. The minimum absolute atomic E-state index is 0.0239. The number of allylic oxidation sites excluding steroid dienone is 4. The van der Waals surface area contributed by atoms with E-state index < -0.39 is 5.41 Å². The lowest BCUT2D eigenvalue weighted by atomic mass is 9.42. The van der Waals surface area contributed by atoms with Crippen LogP contribution in [0.25, 0.3) is 38.6 Å². The molecule has 0 spiro atoms. The number of benzene rings is 9. The Morgan fingerprint density at radius 2 is 1.07 bits per heavy atom. The summed E-state index contributed by atoms with van der Waals surface area (Å²) in [6.07, 6.45) is 12.4. The number of hydrogen-bond donors (Lipinski definition) is 0. The topological polar surface area (TPSA) is 11.4 Å². The van der Waals surface area contributed by atoms with Gasteiger partial charge in [0.1, 0.15) is 0 Å². The van der Waals surface area contributed by atoms with Gasteiger partial charge in [-0.05, 0) is 172 Å². The van der Waals surface area contributed by atoms with Crippen molar-refractivity contribution in [1.82, 2.24) is 4.57 Å². The summed E-state index contributed by atoms with van der Waals surface area (Å²) in [4.78, 5) is 5.30. The highest BCUT2D eigenvalue weighted by Gasteiger charge is 2.54. The van der Waals surface area contributed by atoms with Crippen LogP contribution in [0.3, 0.4) is 0 Å². The molecular weight excluding hydrogens is 906 g/mol. The van der Waals surface area contributed by atoms with E-state index in [2.05, 4.69) is 247 Å². The molecule has 4 atom stereocenters. The molecule has 2 fully saturated rings. The fourth-order valence-electron chi connectivity index (χ4n) is 15.7. The van der Waals surface area contributed by atoms with Gasteiger partial charge >= 0.3 is 6.85 Å². The maximum Gasteiger partial charge on any atom is 0.333 e. The molecule has 10 aromatic rings. The summed E-state index contributed by atoms with van der Waals surface area (Å²) in [5.41, 5.74) is 26.3. The van der Waals surface area contributed by atoms with E-state index in [1.54, 1.807) is 11.1 Å². The van der Waals surface area contributed by atoms with Crippen LogP contribution in [0.2, 0.25) is 0 Å². The van der Waals surface area contributed by atoms with Crippen LogP contribution in [0, 0.1) is 11.8 Å². The molecule has 4 heterocycles. The standard InChI is InChI=1S/C71H56BN3/c1-69(34-32-45-36-47(45)43-69)51-30-31-63-57(38-51)59-39-52(70(2)35-33-46-37-48(46)44-70)40-62-68(59)74(63)65-42-55(73(53-22-11-5-12-23-53)54-24-13-6-14-25-54)41-58-56-26-17-28-61-67(56)75(72(62)66(58)65)64-29-16-15-27-60(64)71(61,49-18-7-3-8-19-49)50-20-9-4-10-21-50/h3-33,38-42,47-48H,34-37,43-44H2,1-2H3. The van der Waals surface area contributed by atoms with E-state index in [-0.39, 0.29) is 17.7 Å². The Morgan fingerprint density at radius 1 is 0.480 bits per heavy atom. The molecule has 4 aliphatic carbocycles. The number of rotatable bonds is 7. The zero-order valence-electron chi connectivity index (χ0n) is 42.6. The molecule has 1 aromatic heterocycles. The van der Waals surface area contributed by atoms with E-state index >= 15 is 0 Å². The minimum atomic E-state index is -0.592. The van der Waals surface area contributed by atoms with E-state index in [0.29, 0.717) is 5.92 Å². The Kier molecular flexibility index (Phi) is 8.48. The van der Waals surface area contributed by atoms with E-state index in [9.17, 15) is 0 Å². The predicted molar refractivity (Wildman–Crippen MR) is 312 cm³/mol. The van der Waals surface area contributed by atoms with Crippen molar-refractivity contribution < 1.29 is 0 Å². The zero-order valence-corrected chi connectivity index (χ0v) is 42.6. The smallest absolute Gasteiger partial charge is 0.333 e. The Morgan fingerprint density at radius 3 is 1.72 bits per heavy atom.